The van der Waals surface area contributed by atoms with Gasteiger partial charge in [0, 0.05) is 0 Å². The Morgan fingerprint density at radius 2 is 2.00 bits per heavy atom. The molecule has 3 atom stereocenters. The Hall–Kier alpha value is -1.63. The van der Waals surface area contributed by atoms with Gasteiger partial charge in [-0.1, -0.05) is 6.92 Å². The Balaban J connectivity index is 1.49. The van der Waals surface area contributed by atoms with E-state index in [0.717, 1.165) is 12.8 Å². The minimum atomic E-state index is -0.909. The van der Waals surface area contributed by atoms with Crippen molar-refractivity contribution in [1.82, 2.24) is 0 Å². The Bertz CT molecular complexity index is 584. The first kappa shape index (κ1) is 18.2. The smallest absolute Gasteiger partial charge is 0.315 e. The van der Waals surface area contributed by atoms with E-state index < -0.39 is 22.4 Å². The Kier molecular flexibility index (Phi) is 4.56. The van der Waals surface area contributed by atoms with E-state index in [4.69, 9.17) is 18.9 Å². The van der Waals surface area contributed by atoms with Gasteiger partial charge in [0.1, 0.15) is 30.8 Å². The van der Waals surface area contributed by atoms with Crippen LogP contribution < -0.4 is 0 Å². The third-order valence-electron chi connectivity index (χ3n) is 6.00. The van der Waals surface area contributed by atoms with Gasteiger partial charge in [0.05, 0.1) is 17.9 Å². The molecule has 3 fully saturated rings. The molecular weight excluding hydrogens is 328 g/mol. The van der Waals surface area contributed by atoms with Gasteiger partial charge >= 0.3 is 17.9 Å². The van der Waals surface area contributed by atoms with Crippen LogP contribution in [0.5, 0.6) is 0 Å². The zero-order chi connectivity index (χ0) is 18.3. The second kappa shape index (κ2) is 6.27. The number of cyclic esters (lactones) is 1. The van der Waals surface area contributed by atoms with Crippen LogP contribution in [-0.2, 0) is 33.3 Å². The summed E-state index contributed by atoms with van der Waals surface area (Å²) in [5, 5.41) is 0. The molecule has 0 aromatic heterocycles. The maximum atomic E-state index is 12.3. The Morgan fingerprint density at radius 3 is 2.68 bits per heavy atom. The van der Waals surface area contributed by atoms with E-state index in [0.29, 0.717) is 12.8 Å². The molecule has 0 radical (unpaired) electrons. The van der Waals surface area contributed by atoms with Gasteiger partial charge in [-0.15, -0.1) is 0 Å². The minimum absolute atomic E-state index is 0.00964. The molecule has 7 heteroatoms. The lowest BCUT2D eigenvalue weighted by molar-refractivity contribution is -0.162. The SMILES string of the molecule is CCC(C)(C)C(=O)OCCOC(=O)CC12CC3CCC1(COC2=O)O3. The number of hydrogen-bond donors (Lipinski definition) is 0. The van der Waals surface area contributed by atoms with Crippen LogP contribution in [0.2, 0.25) is 0 Å². The summed E-state index contributed by atoms with van der Waals surface area (Å²) in [6, 6.07) is 0. The molecule has 0 aromatic rings. The zero-order valence-corrected chi connectivity index (χ0v) is 15.1. The second-order valence-corrected chi connectivity index (χ2v) is 7.91. The van der Waals surface area contributed by atoms with E-state index >= 15 is 0 Å². The molecule has 0 N–H and O–H groups in total. The van der Waals surface area contributed by atoms with Crippen LogP contribution >= 0.6 is 0 Å². The summed E-state index contributed by atoms with van der Waals surface area (Å²) in [6.45, 7) is 5.73. The van der Waals surface area contributed by atoms with Crippen molar-refractivity contribution >= 4 is 17.9 Å². The van der Waals surface area contributed by atoms with Crippen molar-refractivity contribution in [3.05, 3.63) is 0 Å². The topological polar surface area (TPSA) is 88.1 Å². The highest BCUT2D eigenvalue weighted by Crippen LogP contribution is 2.61. The van der Waals surface area contributed by atoms with E-state index in [1.807, 2.05) is 6.92 Å². The summed E-state index contributed by atoms with van der Waals surface area (Å²) >= 11 is 0. The fourth-order valence-electron chi connectivity index (χ4n) is 3.97. The summed E-state index contributed by atoms with van der Waals surface area (Å²) < 4.78 is 21.5. The van der Waals surface area contributed by atoms with Crippen molar-refractivity contribution in [3.8, 4) is 0 Å². The highest BCUT2D eigenvalue weighted by atomic mass is 16.6. The van der Waals surface area contributed by atoms with E-state index in [1.165, 1.54) is 0 Å². The number of carbonyl (C=O) groups excluding carboxylic acids is 3. The standard InChI is InChI=1S/C18H26O7/c1-4-16(2,3)14(20)23-8-7-22-13(19)10-17-9-12-5-6-18(17,25-12)11-24-15(17)21/h12H,4-11H2,1-3H3. The molecule has 3 heterocycles. The Morgan fingerprint density at radius 1 is 1.28 bits per heavy atom. The molecule has 3 rings (SSSR count). The average molecular weight is 354 g/mol. The highest BCUT2D eigenvalue weighted by molar-refractivity contribution is 5.87. The van der Waals surface area contributed by atoms with Gasteiger partial charge in [-0.05, 0) is 39.5 Å². The van der Waals surface area contributed by atoms with Crippen molar-refractivity contribution in [3.63, 3.8) is 0 Å². The molecule has 0 amide bonds. The number of hydrogen-bond acceptors (Lipinski definition) is 7. The van der Waals surface area contributed by atoms with E-state index in [9.17, 15) is 14.4 Å². The fourth-order valence-corrected chi connectivity index (χ4v) is 3.97. The molecule has 1 spiro atoms. The average Bonchev–Trinajstić information content (AvgIpc) is 3.20. The number of rotatable bonds is 7. The summed E-state index contributed by atoms with van der Waals surface area (Å²) in [4.78, 5) is 36.4. The lowest BCUT2D eigenvalue weighted by Crippen LogP contribution is -2.47. The Labute approximate surface area is 147 Å². The number of esters is 3. The molecule has 7 nitrogen and oxygen atoms in total. The van der Waals surface area contributed by atoms with Gasteiger partial charge < -0.3 is 18.9 Å². The van der Waals surface area contributed by atoms with Gasteiger partial charge in [-0.3, -0.25) is 14.4 Å². The van der Waals surface area contributed by atoms with Gasteiger partial charge in [0.15, 0.2) is 0 Å². The lowest BCUT2D eigenvalue weighted by Gasteiger charge is -2.33. The maximum absolute atomic E-state index is 12.3. The van der Waals surface area contributed by atoms with Crippen LogP contribution in [0.1, 0.15) is 52.9 Å². The van der Waals surface area contributed by atoms with Crippen LogP contribution in [0.25, 0.3) is 0 Å². The first-order chi connectivity index (χ1) is 11.7. The minimum Gasteiger partial charge on any atom is -0.462 e. The van der Waals surface area contributed by atoms with Gasteiger partial charge in [-0.2, -0.15) is 0 Å². The predicted octanol–water partition coefficient (Wildman–Crippen LogP) is 1.76. The van der Waals surface area contributed by atoms with Crippen molar-refractivity contribution in [2.24, 2.45) is 10.8 Å². The molecule has 0 aromatic carbocycles. The predicted molar refractivity (Wildman–Crippen MR) is 85.5 cm³/mol. The van der Waals surface area contributed by atoms with Gasteiger partial charge in [0.2, 0.25) is 0 Å². The van der Waals surface area contributed by atoms with E-state index in [2.05, 4.69) is 0 Å². The van der Waals surface area contributed by atoms with Crippen LogP contribution in [0.15, 0.2) is 0 Å². The first-order valence-electron chi connectivity index (χ1n) is 8.93. The molecule has 0 saturated carbocycles. The van der Waals surface area contributed by atoms with Crippen molar-refractivity contribution in [1.29, 1.82) is 0 Å². The third kappa shape index (κ3) is 2.92. The normalized spacial score (nSPS) is 33.1. The number of fused-ring (bicyclic) bond motifs is 1. The molecule has 140 valence electrons. The maximum Gasteiger partial charge on any atom is 0.315 e. The third-order valence-corrected chi connectivity index (χ3v) is 6.00. The number of ether oxygens (including phenoxy) is 4. The molecule has 3 aliphatic rings. The van der Waals surface area contributed by atoms with E-state index in [1.54, 1.807) is 13.8 Å². The fraction of sp³-hybridized carbons (Fsp3) is 0.833. The van der Waals surface area contributed by atoms with Crippen LogP contribution in [0.3, 0.4) is 0 Å². The summed E-state index contributed by atoms with van der Waals surface area (Å²) in [7, 11) is 0. The highest BCUT2D eigenvalue weighted by Gasteiger charge is 2.72. The summed E-state index contributed by atoms with van der Waals surface area (Å²) in [5.41, 5.74) is -2.12. The summed E-state index contributed by atoms with van der Waals surface area (Å²) in [6.07, 6.45) is 2.80. The van der Waals surface area contributed by atoms with Crippen molar-refractivity contribution < 1.29 is 33.3 Å². The van der Waals surface area contributed by atoms with Crippen LogP contribution in [0, 0.1) is 10.8 Å². The van der Waals surface area contributed by atoms with Crippen LogP contribution in [-0.4, -0.2) is 49.4 Å². The van der Waals surface area contributed by atoms with E-state index in [-0.39, 0.29) is 44.3 Å². The second-order valence-electron chi connectivity index (χ2n) is 7.91. The molecule has 3 saturated heterocycles. The lowest BCUT2D eigenvalue weighted by atomic mass is 9.65. The molecular formula is C18H26O7. The number of carbonyl (C=O) groups is 3. The van der Waals surface area contributed by atoms with Crippen LogP contribution in [0.4, 0.5) is 0 Å². The summed E-state index contributed by atoms with van der Waals surface area (Å²) in [5.74, 6) is -1.16. The monoisotopic (exact) mass is 354 g/mol. The molecule has 3 unspecified atom stereocenters. The van der Waals surface area contributed by atoms with Crippen molar-refractivity contribution in [2.75, 3.05) is 19.8 Å². The quantitative estimate of drug-likeness (QED) is 0.391. The zero-order valence-electron chi connectivity index (χ0n) is 15.1. The van der Waals surface area contributed by atoms with Gasteiger partial charge in [-0.25, -0.2) is 0 Å². The molecule has 2 bridgehead atoms. The van der Waals surface area contributed by atoms with Gasteiger partial charge in [0.25, 0.3) is 0 Å². The molecule has 25 heavy (non-hydrogen) atoms. The van der Waals surface area contributed by atoms with Crippen molar-refractivity contribution in [2.45, 2.75) is 64.6 Å². The molecule has 3 aliphatic heterocycles. The largest absolute Gasteiger partial charge is 0.462 e. The first-order valence-corrected chi connectivity index (χ1v) is 8.93. The molecule has 0 aliphatic carbocycles.